The van der Waals surface area contributed by atoms with Crippen LogP contribution in [0.5, 0.6) is 0 Å². The van der Waals surface area contributed by atoms with E-state index in [1.807, 2.05) is 0 Å². The molecule has 1 aliphatic heterocycles. The Morgan fingerprint density at radius 3 is 1.75 bits per heavy atom. The van der Waals surface area contributed by atoms with Crippen molar-refractivity contribution in [2.75, 3.05) is 13.1 Å². The Bertz CT molecular complexity index is 207. The van der Waals surface area contributed by atoms with E-state index < -0.39 is 0 Å². The van der Waals surface area contributed by atoms with Crippen molar-refractivity contribution in [3.05, 3.63) is 0 Å². The van der Waals surface area contributed by atoms with Gasteiger partial charge in [-0.2, -0.15) is 0 Å². The molecule has 2 rings (SSSR count). The monoisotopic (exact) mass is 223 g/mol. The third-order valence-corrected chi connectivity index (χ3v) is 5.13. The maximum absolute atomic E-state index is 2.78. The molecule has 0 atom stereocenters. The highest BCUT2D eigenvalue weighted by Gasteiger charge is 2.36. The minimum atomic E-state index is 0.895. The van der Waals surface area contributed by atoms with E-state index in [-0.39, 0.29) is 0 Å². The molecule has 0 bridgehead atoms. The zero-order valence-corrected chi connectivity index (χ0v) is 11.6. The van der Waals surface area contributed by atoms with Crippen LogP contribution in [0.2, 0.25) is 0 Å². The average molecular weight is 223 g/mol. The molecular formula is C15H29N. The van der Waals surface area contributed by atoms with Gasteiger partial charge in [-0.3, -0.25) is 0 Å². The van der Waals surface area contributed by atoms with E-state index in [0.717, 1.165) is 29.7 Å². The smallest absolute Gasteiger partial charge is 0.0101 e. The maximum atomic E-state index is 2.78. The number of likely N-dealkylation sites (tertiary alicyclic amines) is 1. The third-order valence-electron chi connectivity index (χ3n) is 5.13. The summed E-state index contributed by atoms with van der Waals surface area (Å²) in [5.41, 5.74) is 0. The predicted octanol–water partition coefficient (Wildman–Crippen LogP) is 3.79. The van der Waals surface area contributed by atoms with Crippen molar-refractivity contribution >= 4 is 0 Å². The second-order valence-corrected chi connectivity index (χ2v) is 6.75. The molecule has 16 heavy (non-hydrogen) atoms. The molecule has 2 aliphatic rings. The van der Waals surface area contributed by atoms with Gasteiger partial charge >= 0.3 is 0 Å². The quantitative estimate of drug-likeness (QED) is 0.703. The molecule has 1 nitrogen and oxygen atoms in total. The van der Waals surface area contributed by atoms with Gasteiger partial charge < -0.3 is 4.90 Å². The number of piperidine rings is 1. The minimum Gasteiger partial charge on any atom is -0.300 e. The summed E-state index contributed by atoms with van der Waals surface area (Å²) in [6.45, 7) is 12.3. The first-order valence-corrected chi connectivity index (χ1v) is 7.32. The van der Waals surface area contributed by atoms with E-state index in [9.17, 15) is 0 Å². The van der Waals surface area contributed by atoms with Gasteiger partial charge in [0.15, 0.2) is 0 Å². The minimum absolute atomic E-state index is 0.895. The van der Waals surface area contributed by atoms with E-state index in [4.69, 9.17) is 0 Å². The lowest BCUT2D eigenvalue weighted by Gasteiger charge is -2.47. The molecular weight excluding hydrogens is 194 g/mol. The lowest BCUT2D eigenvalue weighted by Crippen LogP contribution is -2.49. The molecule has 0 spiro atoms. The van der Waals surface area contributed by atoms with Crippen LogP contribution in [0.3, 0.4) is 0 Å². The largest absolute Gasteiger partial charge is 0.300 e. The Balaban J connectivity index is 1.71. The van der Waals surface area contributed by atoms with Crippen LogP contribution in [0.25, 0.3) is 0 Å². The molecule has 0 aromatic carbocycles. The molecule has 0 unspecified atom stereocenters. The van der Waals surface area contributed by atoms with Crippen molar-refractivity contribution in [1.82, 2.24) is 4.90 Å². The van der Waals surface area contributed by atoms with E-state index in [0.29, 0.717) is 0 Å². The van der Waals surface area contributed by atoms with Crippen LogP contribution >= 0.6 is 0 Å². The molecule has 0 amide bonds. The fourth-order valence-electron chi connectivity index (χ4n) is 3.42. The fourth-order valence-corrected chi connectivity index (χ4v) is 3.42. The Kier molecular flexibility index (Phi) is 3.94. The van der Waals surface area contributed by atoms with Crippen molar-refractivity contribution in [1.29, 1.82) is 0 Å². The Morgan fingerprint density at radius 2 is 1.31 bits per heavy atom. The lowest BCUT2D eigenvalue weighted by atomic mass is 9.72. The highest BCUT2D eigenvalue weighted by molar-refractivity contribution is 4.90. The first kappa shape index (κ1) is 12.4. The van der Waals surface area contributed by atoms with Crippen molar-refractivity contribution in [2.45, 2.75) is 59.4 Å². The molecule has 0 radical (unpaired) electrons. The van der Waals surface area contributed by atoms with Gasteiger partial charge in [0.1, 0.15) is 0 Å². The SMILES string of the molecule is CC(C)C1CCN(C2CC(C(C)C)C2)CC1. The van der Waals surface area contributed by atoms with E-state index >= 15 is 0 Å². The zero-order chi connectivity index (χ0) is 11.7. The van der Waals surface area contributed by atoms with Gasteiger partial charge in [0.25, 0.3) is 0 Å². The standard InChI is InChI=1S/C15H29N/c1-11(2)13-5-7-16(8-6-13)15-9-14(10-15)12(3)4/h11-15H,5-10H2,1-4H3. The molecule has 2 fully saturated rings. The van der Waals surface area contributed by atoms with Crippen molar-refractivity contribution in [3.8, 4) is 0 Å². The number of rotatable bonds is 3. The van der Waals surface area contributed by atoms with Crippen LogP contribution in [-0.4, -0.2) is 24.0 Å². The van der Waals surface area contributed by atoms with Crippen LogP contribution in [0, 0.1) is 23.7 Å². The van der Waals surface area contributed by atoms with Gasteiger partial charge in [0.05, 0.1) is 0 Å². The molecule has 0 N–H and O–H groups in total. The van der Waals surface area contributed by atoms with Crippen LogP contribution < -0.4 is 0 Å². The van der Waals surface area contributed by atoms with Crippen LogP contribution in [0.4, 0.5) is 0 Å². The molecule has 1 aliphatic carbocycles. The molecule has 1 heterocycles. The van der Waals surface area contributed by atoms with E-state index in [1.54, 1.807) is 0 Å². The number of nitrogens with zero attached hydrogens (tertiary/aromatic N) is 1. The highest BCUT2D eigenvalue weighted by atomic mass is 15.2. The normalized spacial score (nSPS) is 33.4. The molecule has 0 aromatic heterocycles. The summed E-state index contributed by atoms with van der Waals surface area (Å²) in [5, 5.41) is 0. The van der Waals surface area contributed by atoms with Gasteiger partial charge in [-0.15, -0.1) is 0 Å². The number of hydrogen-bond acceptors (Lipinski definition) is 1. The zero-order valence-electron chi connectivity index (χ0n) is 11.6. The van der Waals surface area contributed by atoms with Crippen molar-refractivity contribution in [2.24, 2.45) is 23.7 Å². The van der Waals surface area contributed by atoms with E-state index in [2.05, 4.69) is 32.6 Å². The Labute approximate surface area is 102 Å². The van der Waals surface area contributed by atoms with Gasteiger partial charge in [0.2, 0.25) is 0 Å². The maximum Gasteiger partial charge on any atom is 0.0101 e. The van der Waals surface area contributed by atoms with Crippen LogP contribution in [0.1, 0.15) is 53.4 Å². The molecule has 0 aromatic rings. The average Bonchev–Trinajstić information content (AvgIpc) is 2.15. The topological polar surface area (TPSA) is 3.24 Å². The second kappa shape index (κ2) is 5.08. The summed E-state index contributed by atoms with van der Waals surface area (Å²) in [6.07, 6.45) is 5.84. The van der Waals surface area contributed by atoms with Crippen LogP contribution in [-0.2, 0) is 0 Å². The van der Waals surface area contributed by atoms with E-state index in [1.165, 1.54) is 38.8 Å². The molecule has 1 saturated carbocycles. The summed E-state index contributed by atoms with van der Waals surface area (Å²) in [5.74, 6) is 3.82. The summed E-state index contributed by atoms with van der Waals surface area (Å²) in [6, 6.07) is 0.945. The first-order chi connectivity index (χ1) is 7.58. The highest BCUT2D eigenvalue weighted by Crippen LogP contribution is 2.38. The van der Waals surface area contributed by atoms with Gasteiger partial charge in [-0.25, -0.2) is 0 Å². The summed E-state index contributed by atoms with van der Waals surface area (Å²) < 4.78 is 0. The first-order valence-electron chi connectivity index (χ1n) is 7.32. The van der Waals surface area contributed by atoms with Crippen LogP contribution in [0.15, 0.2) is 0 Å². The van der Waals surface area contributed by atoms with Crippen molar-refractivity contribution < 1.29 is 0 Å². The Morgan fingerprint density at radius 1 is 0.812 bits per heavy atom. The lowest BCUT2D eigenvalue weighted by molar-refractivity contribution is 0.0258. The molecule has 1 heteroatoms. The predicted molar refractivity (Wildman–Crippen MR) is 70.5 cm³/mol. The molecule has 1 saturated heterocycles. The van der Waals surface area contributed by atoms with Crippen molar-refractivity contribution in [3.63, 3.8) is 0 Å². The van der Waals surface area contributed by atoms with Gasteiger partial charge in [0, 0.05) is 6.04 Å². The summed E-state index contributed by atoms with van der Waals surface area (Å²) in [7, 11) is 0. The fraction of sp³-hybridized carbons (Fsp3) is 1.00. The summed E-state index contributed by atoms with van der Waals surface area (Å²) >= 11 is 0. The number of hydrogen-bond donors (Lipinski definition) is 0. The Hall–Kier alpha value is -0.0400. The summed E-state index contributed by atoms with van der Waals surface area (Å²) in [4.78, 5) is 2.78. The van der Waals surface area contributed by atoms with Gasteiger partial charge in [-0.1, -0.05) is 27.7 Å². The molecule has 94 valence electrons. The third kappa shape index (κ3) is 2.61. The van der Waals surface area contributed by atoms with Gasteiger partial charge in [-0.05, 0) is 62.4 Å². The second-order valence-electron chi connectivity index (χ2n) is 6.75.